The van der Waals surface area contributed by atoms with Gasteiger partial charge in [0.05, 0.1) is 0 Å². The number of hydrogen-bond donors (Lipinski definition) is 3. The Morgan fingerprint density at radius 2 is 1.61 bits per heavy atom. The van der Waals surface area contributed by atoms with Crippen molar-refractivity contribution < 1.29 is 19.4 Å². The number of carbonyl (C=O) groups excluding carboxylic acids is 1. The molecule has 2 saturated carbocycles. The van der Waals surface area contributed by atoms with Crippen LogP contribution in [-0.2, 0) is 16.0 Å². The van der Waals surface area contributed by atoms with E-state index in [1.54, 1.807) is 32.9 Å². The summed E-state index contributed by atoms with van der Waals surface area (Å²) in [6.07, 6.45) is 15.4. The van der Waals surface area contributed by atoms with Gasteiger partial charge in [-0.3, -0.25) is 0 Å². The molecule has 0 radical (unpaired) electrons. The van der Waals surface area contributed by atoms with Gasteiger partial charge in [-0.15, -0.1) is 0 Å². The van der Waals surface area contributed by atoms with Gasteiger partial charge in [-0.1, -0.05) is 56.2 Å². The smallest absolute Gasteiger partial charge is 0.408 e. The second-order valence-corrected chi connectivity index (χ2v) is 10.5. The molecule has 1 atom stereocenters. The van der Waals surface area contributed by atoms with Crippen molar-refractivity contribution >= 4 is 23.7 Å². The highest BCUT2D eigenvalue weighted by atomic mass is 35.5. The summed E-state index contributed by atoms with van der Waals surface area (Å²) >= 11 is 5.65. The number of nitrogens with one attached hydrogen (secondary N) is 2. The minimum Gasteiger partial charge on any atom is -0.480 e. The van der Waals surface area contributed by atoms with Gasteiger partial charge in [-0.05, 0) is 58.1 Å². The van der Waals surface area contributed by atoms with Gasteiger partial charge in [0.2, 0.25) is 0 Å². The van der Waals surface area contributed by atoms with E-state index in [-0.39, 0.29) is 6.42 Å². The van der Waals surface area contributed by atoms with Gasteiger partial charge in [0, 0.05) is 24.7 Å². The first kappa shape index (κ1) is 27.4. The fourth-order valence-corrected chi connectivity index (χ4v) is 4.40. The predicted molar refractivity (Wildman–Crippen MR) is 131 cm³/mol. The molecule has 186 valence electrons. The number of alkyl carbamates (subject to hydrolysis) is 1. The lowest BCUT2D eigenvalue weighted by Crippen LogP contribution is -2.44. The average Bonchev–Trinajstić information content (AvgIpc) is 2.75. The molecule has 0 bridgehead atoms. The molecular weight excluding hydrogens is 442 g/mol. The lowest BCUT2D eigenvalue weighted by Gasteiger charge is -2.30. The lowest BCUT2D eigenvalue weighted by molar-refractivity contribution is -0.139. The van der Waals surface area contributed by atoms with Crippen LogP contribution in [-0.4, -0.2) is 45.9 Å². The Labute approximate surface area is 203 Å². The van der Waals surface area contributed by atoms with Crippen LogP contribution in [0, 0.1) is 0 Å². The third-order valence-corrected chi connectivity index (χ3v) is 6.12. The van der Waals surface area contributed by atoms with E-state index in [9.17, 15) is 9.59 Å². The number of amides is 1. The standard InChI is InChI=1S/C13H17ClN2O4.C12H23N/c1-13(2,3)20-12(19)16-9(11(17)18)6-8-4-5-10(14)15-7-8;1-3-7-11(8-4-1)13-12-9-5-2-6-10-12/h4-5,7,9H,6H2,1-3H3,(H,16,19)(H,17,18);11-13H,1-10H2. The molecule has 0 aromatic carbocycles. The van der Waals surface area contributed by atoms with Gasteiger partial charge in [-0.2, -0.15) is 0 Å². The van der Waals surface area contributed by atoms with Crippen LogP contribution < -0.4 is 10.6 Å². The van der Waals surface area contributed by atoms with Crippen LogP contribution in [0.2, 0.25) is 5.15 Å². The first-order valence-electron chi connectivity index (χ1n) is 12.2. The summed E-state index contributed by atoms with van der Waals surface area (Å²) in [5.74, 6) is -1.15. The number of hydrogen-bond acceptors (Lipinski definition) is 5. The topological polar surface area (TPSA) is 101 Å². The molecule has 3 rings (SSSR count). The number of aromatic nitrogens is 1. The van der Waals surface area contributed by atoms with Gasteiger partial charge in [0.1, 0.15) is 16.8 Å². The molecule has 1 aromatic heterocycles. The number of aliphatic carboxylic acids is 1. The minimum absolute atomic E-state index is 0.0960. The molecule has 0 spiro atoms. The number of ether oxygens (including phenoxy) is 1. The zero-order valence-electron chi connectivity index (χ0n) is 20.2. The van der Waals surface area contributed by atoms with Crippen LogP contribution in [0.3, 0.4) is 0 Å². The monoisotopic (exact) mass is 481 g/mol. The quantitative estimate of drug-likeness (QED) is 0.464. The van der Waals surface area contributed by atoms with E-state index < -0.39 is 23.7 Å². The van der Waals surface area contributed by atoms with E-state index in [1.807, 2.05) is 0 Å². The average molecular weight is 482 g/mol. The highest BCUT2D eigenvalue weighted by Gasteiger charge is 2.24. The summed E-state index contributed by atoms with van der Waals surface area (Å²) in [7, 11) is 0. The molecule has 0 aliphatic heterocycles. The van der Waals surface area contributed by atoms with Crippen LogP contribution in [0.1, 0.15) is 90.5 Å². The molecule has 1 unspecified atom stereocenters. The SMILES string of the molecule is C1CCC(NC2CCCCC2)CC1.CC(C)(C)OC(=O)NC(Cc1ccc(Cl)nc1)C(=O)O. The summed E-state index contributed by atoms with van der Waals surface area (Å²) < 4.78 is 5.03. The molecule has 1 heterocycles. The number of halogens is 1. The number of nitrogens with zero attached hydrogens (tertiary/aromatic N) is 1. The van der Waals surface area contributed by atoms with Crippen molar-refractivity contribution in [2.45, 2.75) is 115 Å². The van der Waals surface area contributed by atoms with Crippen LogP contribution in [0.4, 0.5) is 4.79 Å². The molecule has 0 saturated heterocycles. The summed E-state index contributed by atoms with van der Waals surface area (Å²) in [5, 5.41) is 15.6. The van der Waals surface area contributed by atoms with E-state index in [2.05, 4.69) is 15.6 Å². The number of carbonyl (C=O) groups is 2. The molecule has 1 amide bonds. The molecule has 2 aliphatic rings. The Morgan fingerprint density at radius 1 is 1.06 bits per heavy atom. The Kier molecular flexibility index (Phi) is 11.4. The molecule has 8 heteroatoms. The normalized spacial score (nSPS) is 18.5. The van der Waals surface area contributed by atoms with E-state index >= 15 is 0 Å². The number of carboxylic acids is 1. The first-order chi connectivity index (χ1) is 15.6. The second-order valence-electron chi connectivity index (χ2n) is 10.1. The minimum atomic E-state index is -1.15. The lowest BCUT2D eigenvalue weighted by atomic mass is 9.91. The van der Waals surface area contributed by atoms with Crippen molar-refractivity contribution in [3.63, 3.8) is 0 Å². The summed E-state index contributed by atoms with van der Waals surface area (Å²) in [6.45, 7) is 5.10. The predicted octanol–water partition coefficient (Wildman–Crippen LogP) is 5.50. The fourth-order valence-electron chi connectivity index (χ4n) is 4.28. The van der Waals surface area contributed by atoms with Gasteiger partial charge in [0.25, 0.3) is 0 Å². The van der Waals surface area contributed by atoms with Crippen molar-refractivity contribution in [3.05, 3.63) is 29.0 Å². The maximum atomic E-state index is 11.6. The molecule has 1 aromatic rings. The Morgan fingerprint density at radius 3 is 2.03 bits per heavy atom. The van der Waals surface area contributed by atoms with Gasteiger partial charge < -0.3 is 20.5 Å². The largest absolute Gasteiger partial charge is 0.480 e. The maximum Gasteiger partial charge on any atom is 0.408 e. The summed E-state index contributed by atoms with van der Waals surface area (Å²) in [6, 6.07) is 3.87. The molecule has 3 N–H and O–H groups in total. The highest BCUT2D eigenvalue weighted by Crippen LogP contribution is 2.22. The third kappa shape index (κ3) is 11.7. The van der Waals surface area contributed by atoms with Crippen LogP contribution in [0.15, 0.2) is 18.3 Å². The molecule has 33 heavy (non-hydrogen) atoms. The number of rotatable bonds is 6. The summed E-state index contributed by atoms with van der Waals surface area (Å²) in [4.78, 5) is 26.6. The van der Waals surface area contributed by atoms with Crippen molar-refractivity contribution in [2.24, 2.45) is 0 Å². The second kappa shape index (κ2) is 13.8. The van der Waals surface area contributed by atoms with Crippen LogP contribution >= 0.6 is 11.6 Å². The van der Waals surface area contributed by atoms with Crippen molar-refractivity contribution in [1.82, 2.24) is 15.6 Å². The van der Waals surface area contributed by atoms with Crippen molar-refractivity contribution in [2.75, 3.05) is 0 Å². The van der Waals surface area contributed by atoms with E-state index in [0.717, 1.165) is 12.1 Å². The Balaban J connectivity index is 0.000000254. The molecule has 2 fully saturated rings. The highest BCUT2D eigenvalue weighted by molar-refractivity contribution is 6.29. The molecule has 7 nitrogen and oxygen atoms in total. The van der Waals surface area contributed by atoms with E-state index in [4.69, 9.17) is 21.4 Å². The molecule has 2 aliphatic carbocycles. The maximum absolute atomic E-state index is 11.6. The number of carboxylic acid groups (broad SMARTS) is 1. The van der Waals surface area contributed by atoms with Crippen LogP contribution in [0.25, 0.3) is 0 Å². The van der Waals surface area contributed by atoms with Crippen LogP contribution in [0.5, 0.6) is 0 Å². The Hall–Kier alpha value is -1.86. The van der Waals surface area contributed by atoms with Gasteiger partial charge in [0.15, 0.2) is 0 Å². The third-order valence-electron chi connectivity index (χ3n) is 5.90. The van der Waals surface area contributed by atoms with Gasteiger partial charge in [-0.25, -0.2) is 14.6 Å². The zero-order chi connectivity index (χ0) is 24.3. The zero-order valence-corrected chi connectivity index (χ0v) is 21.0. The summed E-state index contributed by atoms with van der Waals surface area (Å²) in [5.41, 5.74) is -0.0348. The van der Waals surface area contributed by atoms with Crippen molar-refractivity contribution in [3.8, 4) is 0 Å². The Bertz CT molecular complexity index is 708. The van der Waals surface area contributed by atoms with Crippen molar-refractivity contribution in [1.29, 1.82) is 0 Å². The number of pyridine rings is 1. The molecular formula is C25H40ClN3O4. The fraction of sp³-hybridized carbons (Fsp3) is 0.720. The van der Waals surface area contributed by atoms with E-state index in [0.29, 0.717) is 10.7 Å². The first-order valence-corrected chi connectivity index (χ1v) is 12.6. The van der Waals surface area contributed by atoms with Gasteiger partial charge >= 0.3 is 12.1 Å². The van der Waals surface area contributed by atoms with E-state index in [1.165, 1.54) is 70.4 Å².